The Kier molecular flexibility index (Phi) is 2.40. The fourth-order valence-electron chi connectivity index (χ4n) is 2.34. The third kappa shape index (κ3) is 1.71. The number of benzene rings is 1. The van der Waals surface area contributed by atoms with Gasteiger partial charge in [-0.2, -0.15) is 0 Å². The molecule has 0 radical (unpaired) electrons. The lowest BCUT2D eigenvalue weighted by molar-refractivity contribution is 0.110. The van der Waals surface area contributed by atoms with Gasteiger partial charge in [0.2, 0.25) is 0 Å². The Morgan fingerprint density at radius 1 is 1.50 bits per heavy atom. The molecule has 0 amide bonds. The number of nitrogens with zero attached hydrogens (tertiary/aromatic N) is 1. The van der Waals surface area contributed by atoms with E-state index in [0.717, 1.165) is 36.3 Å². The fraction of sp³-hybridized carbons (Fsp3) is 0.462. The molecule has 2 heterocycles. The first kappa shape index (κ1) is 9.85. The van der Waals surface area contributed by atoms with Crippen LogP contribution in [0.2, 0.25) is 0 Å². The van der Waals surface area contributed by atoms with Crippen molar-refractivity contribution in [1.29, 1.82) is 0 Å². The molecule has 3 rings (SSSR count). The Labute approximate surface area is 94.8 Å². The second kappa shape index (κ2) is 3.91. The summed E-state index contributed by atoms with van der Waals surface area (Å²) in [5.74, 6) is 1.05. The minimum Gasteiger partial charge on any atom is -0.378 e. The number of aryl methyl sites for hydroxylation is 1. The summed E-state index contributed by atoms with van der Waals surface area (Å²) in [5, 5.41) is 0. The number of hydrogen-bond acceptors (Lipinski definition) is 2. The molecule has 1 unspecified atom stereocenters. The molecule has 0 aliphatic carbocycles. The minimum atomic E-state index is 0.362. The average molecular weight is 216 g/mol. The predicted octanol–water partition coefficient (Wildman–Crippen LogP) is 2.59. The summed E-state index contributed by atoms with van der Waals surface area (Å²) in [6, 6.07) is 6.24. The molecular weight excluding hydrogens is 200 g/mol. The van der Waals surface area contributed by atoms with Gasteiger partial charge in [0.1, 0.15) is 5.82 Å². The Morgan fingerprint density at radius 3 is 3.19 bits per heavy atom. The SMILES string of the molecule is Cc1cccc2[nH]c(CC3CCCO3)nc12. The van der Waals surface area contributed by atoms with Crippen molar-refractivity contribution in [1.82, 2.24) is 9.97 Å². The molecule has 0 saturated carbocycles. The van der Waals surface area contributed by atoms with E-state index in [2.05, 4.69) is 35.1 Å². The van der Waals surface area contributed by atoms with Gasteiger partial charge in [0.05, 0.1) is 17.1 Å². The van der Waals surface area contributed by atoms with Gasteiger partial charge < -0.3 is 9.72 Å². The first-order valence-electron chi connectivity index (χ1n) is 5.89. The Bertz CT molecular complexity index is 498. The molecule has 3 heteroatoms. The van der Waals surface area contributed by atoms with E-state index < -0.39 is 0 Å². The molecule has 1 aromatic carbocycles. The van der Waals surface area contributed by atoms with Crippen LogP contribution in [-0.2, 0) is 11.2 Å². The molecule has 0 spiro atoms. The lowest BCUT2D eigenvalue weighted by Gasteiger charge is -2.05. The highest BCUT2D eigenvalue weighted by Crippen LogP contribution is 2.19. The molecule has 3 nitrogen and oxygen atoms in total. The van der Waals surface area contributed by atoms with Gasteiger partial charge in [0.15, 0.2) is 0 Å². The molecule has 1 aromatic heterocycles. The molecule has 1 saturated heterocycles. The lowest BCUT2D eigenvalue weighted by atomic mass is 10.2. The van der Waals surface area contributed by atoms with Crippen molar-refractivity contribution in [2.75, 3.05) is 6.61 Å². The second-order valence-corrected chi connectivity index (χ2v) is 4.49. The van der Waals surface area contributed by atoms with Gasteiger partial charge in [-0.05, 0) is 31.4 Å². The van der Waals surface area contributed by atoms with Crippen LogP contribution in [0, 0.1) is 6.92 Å². The largest absolute Gasteiger partial charge is 0.378 e. The van der Waals surface area contributed by atoms with Gasteiger partial charge in [-0.3, -0.25) is 0 Å². The van der Waals surface area contributed by atoms with Crippen LogP contribution in [0.4, 0.5) is 0 Å². The van der Waals surface area contributed by atoms with Crippen LogP contribution >= 0.6 is 0 Å². The van der Waals surface area contributed by atoms with Gasteiger partial charge in [-0.1, -0.05) is 12.1 Å². The standard InChI is InChI=1S/C13H16N2O/c1-9-4-2-6-11-13(9)15-12(14-11)8-10-5-3-7-16-10/h2,4,6,10H,3,5,7-8H2,1H3,(H,14,15). The van der Waals surface area contributed by atoms with E-state index in [1.54, 1.807) is 0 Å². The van der Waals surface area contributed by atoms with Gasteiger partial charge in [0, 0.05) is 13.0 Å². The predicted molar refractivity (Wildman–Crippen MR) is 63.5 cm³/mol. The molecule has 1 aliphatic rings. The summed E-state index contributed by atoms with van der Waals surface area (Å²) in [5.41, 5.74) is 3.45. The molecule has 1 aliphatic heterocycles. The highest BCUT2D eigenvalue weighted by molar-refractivity contribution is 5.78. The third-order valence-corrected chi connectivity index (χ3v) is 3.21. The summed E-state index contributed by atoms with van der Waals surface area (Å²) < 4.78 is 5.62. The maximum atomic E-state index is 5.62. The van der Waals surface area contributed by atoms with Gasteiger partial charge in [0.25, 0.3) is 0 Å². The first-order valence-corrected chi connectivity index (χ1v) is 5.89. The highest BCUT2D eigenvalue weighted by atomic mass is 16.5. The van der Waals surface area contributed by atoms with Crippen molar-refractivity contribution in [2.24, 2.45) is 0 Å². The van der Waals surface area contributed by atoms with E-state index in [4.69, 9.17) is 4.74 Å². The van der Waals surface area contributed by atoms with E-state index >= 15 is 0 Å². The monoisotopic (exact) mass is 216 g/mol. The van der Waals surface area contributed by atoms with Crippen molar-refractivity contribution in [3.05, 3.63) is 29.6 Å². The number of aromatic amines is 1. The van der Waals surface area contributed by atoms with Crippen LogP contribution in [0.1, 0.15) is 24.2 Å². The Hall–Kier alpha value is -1.35. The number of H-pyrrole nitrogens is 1. The summed E-state index contributed by atoms with van der Waals surface area (Å²) in [6.45, 7) is 3.00. The van der Waals surface area contributed by atoms with Gasteiger partial charge >= 0.3 is 0 Å². The van der Waals surface area contributed by atoms with Crippen LogP contribution in [0.25, 0.3) is 11.0 Å². The number of aromatic nitrogens is 2. The van der Waals surface area contributed by atoms with Crippen LogP contribution < -0.4 is 0 Å². The van der Waals surface area contributed by atoms with Gasteiger partial charge in [-0.25, -0.2) is 4.98 Å². The van der Waals surface area contributed by atoms with Crippen molar-refractivity contribution in [2.45, 2.75) is 32.3 Å². The Morgan fingerprint density at radius 2 is 2.44 bits per heavy atom. The number of hydrogen-bond donors (Lipinski definition) is 1. The van der Waals surface area contributed by atoms with E-state index in [1.807, 2.05) is 0 Å². The van der Waals surface area contributed by atoms with E-state index in [9.17, 15) is 0 Å². The number of ether oxygens (including phenoxy) is 1. The Balaban J connectivity index is 1.90. The summed E-state index contributed by atoms with van der Waals surface area (Å²) >= 11 is 0. The molecule has 1 atom stereocenters. The van der Waals surface area contributed by atoms with Crippen LogP contribution in [0.15, 0.2) is 18.2 Å². The smallest absolute Gasteiger partial charge is 0.109 e. The van der Waals surface area contributed by atoms with Crippen LogP contribution in [0.5, 0.6) is 0 Å². The minimum absolute atomic E-state index is 0.362. The highest BCUT2D eigenvalue weighted by Gasteiger charge is 2.17. The molecule has 1 fully saturated rings. The van der Waals surface area contributed by atoms with Crippen LogP contribution in [0.3, 0.4) is 0 Å². The average Bonchev–Trinajstić information content (AvgIpc) is 2.88. The molecule has 2 aromatic rings. The second-order valence-electron chi connectivity index (χ2n) is 4.49. The molecule has 16 heavy (non-hydrogen) atoms. The molecule has 0 bridgehead atoms. The molecule has 84 valence electrons. The molecule has 1 N–H and O–H groups in total. The van der Waals surface area contributed by atoms with Crippen molar-refractivity contribution < 1.29 is 4.74 Å². The third-order valence-electron chi connectivity index (χ3n) is 3.21. The van der Waals surface area contributed by atoms with Crippen molar-refractivity contribution in [3.63, 3.8) is 0 Å². The quantitative estimate of drug-likeness (QED) is 0.837. The summed E-state index contributed by atoms with van der Waals surface area (Å²) in [4.78, 5) is 8.01. The normalized spacial score (nSPS) is 20.7. The zero-order valence-corrected chi connectivity index (χ0v) is 9.49. The van der Waals surface area contributed by atoms with E-state index in [1.165, 1.54) is 12.0 Å². The number of nitrogens with one attached hydrogen (secondary N) is 1. The number of rotatable bonds is 2. The lowest BCUT2D eigenvalue weighted by Crippen LogP contribution is -2.09. The first-order chi connectivity index (χ1) is 7.83. The van der Waals surface area contributed by atoms with Crippen molar-refractivity contribution >= 4 is 11.0 Å². The molecular formula is C13H16N2O. The van der Waals surface area contributed by atoms with Crippen molar-refractivity contribution in [3.8, 4) is 0 Å². The fourth-order valence-corrected chi connectivity index (χ4v) is 2.34. The van der Waals surface area contributed by atoms with Crippen LogP contribution in [-0.4, -0.2) is 22.7 Å². The summed E-state index contributed by atoms with van der Waals surface area (Å²) in [6.07, 6.45) is 3.62. The zero-order valence-electron chi connectivity index (χ0n) is 9.49. The zero-order chi connectivity index (χ0) is 11.0. The summed E-state index contributed by atoms with van der Waals surface area (Å²) in [7, 11) is 0. The number of imidazole rings is 1. The topological polar surface area (TPSA) is 37.9 Å². The number of fused-ring (bicyclic) bond motifs is 1. The number of para-hydroxylation sites is 1. The van der Waals surface area contributed by atoms with Gasteiger partial charge in [-0.15, -0.1) is 0 Å². The maximum absolute atomic E-state index is 5.62. The van der Waals surface area contributed by atoms with E-state index in [-0.39, 0.29) is 0 Å². The van der Waals surface area contributed by atoms with E-state index in [0.29, 0.717) is 6.10 Å². The maximum Gasteiger partial charge on any atom is 0.109 e.